The van der Waals surface area contributed by atoms with Crippen molar-refractivity contribution >= 4 is 17.4 Å². The van der Waals surface area contributed by atoms with Gasteiger partial charge < -0.3 is 5.32 Å². The number of unbranched alkanes of at least 4 members (excludes halogenated alkanes) is 1. The molecular weight excluding hydrogens is 246 g/mol. The van der Waals surface area contributed by atoms with E-state index in [0.29, 0.717) is 22.5 Å². The van der Waals surface area contributed by atoms with Crippen molar-refractivity contribution in [3.05, 3.63) is 22.8 Å². The second kappa shape index (κ2) is 7.94. The van der Waals surface area contributed by atoms with Crippen LogP contribution in [-0.4, -0.2) is 11.5 Å². The molecule has 4 heteroatoms. The van der Waals surface area contributed by atoms with Crippen LogP contribution in [0.3, 0.4) is 0 Å². The molecule has 0 fully saturated rings. The second-order valence-corrected chi connectivity index (χ2v) is 4.86. The molecule has 0 aliphatic rings. The number of nitrogens with zero attached hydrogens (tertiary/aromatic N) is 2. The molecule has 0 bridgehead atoms. The lowest BCUT2D eigenvalue weighted by molar-refractivity contribution is 0.472. The zero-order chi connectivity index (χ0) is 13.4. The van der Waals surface area contributed by atoms with E-state index in [2.05, 4.69) is 30.2 Å². The maximum absolute atomic E-state index is 8.86. The van der Waals surface area contributed by atoms with Gasteiger partial charge in [0.25, 0.3) is 0 Å². The van der Waals surface area contributed by atoms with Crippen LogP contribution in [-0.2, 0) is 0 Å². The highest BCUT2D eigenvalue weighted by Gasteiger charge is 2.07. The van der Waals surface area contributed by atoms with Crippen molar-refractivity contribution in [3.8, 4) is 6.07 Å². The Hall–Kier alpha value is -1.27. The molecule has 1 N–H and O–H groups in total. The van der Waals surface area contributed by atoms with E-state index in [4.69, 9.17) is 16.9 Å². The Morgan fingerprint density at radius 2 is 2.22 bits per heavy atom. The molecule has 1 heterocycles. The van der Waals surface area contributed by atoms with E-state index in [1.165, 1.54) is 19.3 Å². The highest BCUT2D eigenvalue weighted by Crippen LogP contribution is 2.17. The smallest absolute Gasteiger partial charge is 0.132 e. The Bertz CT molecular complexity index is 412. The number of anilines is 1. The normalized spacial score (nSPS) is 11.9. The number of nitrogens with one attached hydrogen (secondary N) is 1. The minimum absolute atomic E-state index is 0.359. The number of pyridine rings is 1. The van der Waals surface area contributed by atoms with E-state index < -0.39 is 0 Å². The van der Waals surface area contributed by atoms with Crippen LogP contribution in [0, 0.1) is 17.2 Å². The molecular formula is C14H20ClN3. The Kier molecular flexibility index (Phi) is 6.53. The molecule has 1 aromatic rings. The van der Waals surface area contributed by atoms with Gasteiger partial charge in [0.1, 0.15) is 11.0 Å². The SMILES string of the molecule is CCCCC(CC)CNc1cc(C#N)cc(Cl)n1. The van der Waals surface area contributed by atoms with E-state index in [0.717, 1.165) is 13.0 Å². The molecule has 0 spiro atoms. The minimum Gasteiger partial charge on any atom is -0.370 e. The number of halogens is 1. The molecule has 1 aromatic heterocycles. The van der Waals surface area contributed by atoms with Gasteiger partial charge in [-0.05, 0) is 24.5 Å². The highest BCUT2D eigenvalue weighted by molar-refractivity contribution is 6.29. The third kappa shape index (κ3) is 4.93. The van der Waals surface area contributed by atoms with Gasteiger partial charge in [0.15, 0.2) is 0 Å². The molecule has 1 atom stereocenters. The van der Waals surface area contributed by atoms with Crippen LogP contribution in [0.25, 0.3) is 0 Å². The van der Waals surface area contributed by atoms with Gasteiger partial charge in [-0.25, -0.2) is 4.98 Å². The van der Waals surface area contributed by atoms with Crippen LogP contribution in [0.4, 0.5) is 5.82 Å². The zero-order valence-electron chi connectivity index (χ0n) is 11.0. The van der Waals surface area contributed by atoms with Gasteiger partial charge in [-0.3, -0.25) is 0 Å². The summed E-state index contributed by atoms with van der Waals surface area (Å²) < 4.78 is 0. The Balaban J connectivity index is 2.56. The van der Waals surface area contributed by atoms with Crippen molar-refractivity contribution in [2.45, 2.75) is 39.5 Å². The van der Waals surface area contributed by atoms with Crippen molar-refractivity contribution in [2.24, 2.45) is 5.92 Å². The summed E-state index contributed by atoms with van der Waals surface area (Å²) >= 11 is 5.86. The molecule has 0 saturated carbocycles. The third-order valence-electron chi connectivity index (χ3n) is 3.04. The van der Waals surface area contributed by atoms with Crippen LogP contribution in [0.1, 0.15) is 45.1 Å². The lowest BCUT2D eigenvalue weighted by atomic mass is 9.99. The largest absolute Gasteiger partial charge is 0.370 e. The summed E-state index contributed by atoms with van der Waals surface area (Å²) in [5.74, 6) is 1.34. The number of hydrogen-bond acceptors (Lipinski definition) is 3. The van der Waals surface area contributed by atoms with Gasteiger partial charge in [-0.15, -0.1) is 0 Å². The second-order valence-electron chi connectivity index (χ2n) is 4.47. The van der Waals surface area contributed by atoms with Crippen LogP contribution < -0.4 is 5.32 Å². The molecule has 0 aliphatic heterocycles. The predicted molar refractivity (Wildman–Crippen MR) is 75.8 cm³/mol. The summed E-state index contributed by atoms with van der Waals surface area (Å²) in [7, 11) is 0. The third-order valence-corrected chi connectivity index (χ3v) is 3.23. The molecule has 1 unspecified atom stereocenters. The molecule has 18 heavy (non-hydrogen) atoms. The summed E-state index contributed by atoms with van der Waals surface area (Å²) in [6, 6.07) is 5.38. The first-order valence-corrected chi connectivity index (χ1v) is 6.88. The molecule has 0 aromatic carbocycles. The maximum atomic E-state index is 8.86. The first-order valence-electron chi connectivity index (χ1n) is 6.51. The van der Waals surface area contributed by atoms with Gasteiger partial charge in [-0.1, -0.05) is 44.7 Å². The highest BCUT2D eigenvalue weighted by atomic mass is 35.5. The fourth-order valence-electron chi connectivity index (χ4n) is 1.84. The molecule has 1 rings (SSSR count). The van der Waals surface area contributed by atoms with Gasteiger partial charge in [0.05, 0.1) is 11.6 Å². The number of hydrogen-bond donors (Lipinski definition) is 1. The summed E-state index contributed by atoms with van der Waals surface area (Å²) in [6.45, 7) is 5.29. The number of aromatic nitrogens is 1. The Labute approximate surface area is 114 Å². The predicted octanol–water partition coefficient (Wildman–Crippen LogP) is 4.23. The van der Waals surface area contributed by atoms with Gasteiger partial charge >= 0.3 is 0 Å². The van der Waals surface area contributed by atoms with Gasteiger partial charge in [0.2, 0.25) is 0 Å². The quantitative estimate of drug-likeness (QED) is 0.751. The number of nitriles is 1. The van der Waals surface area contributed by atoms with E-state index in [1.54, 1.807) is 12.1 Å². The average Bonchev–Trinajstić information content (AvgIpc) is 2.38. The van der Waals surface area contributed by atoms with Crippen LogP contribution in [0.5, 0.6) is 0 Å². The molecule has 3 nitrogen and oxygen atoms in total. The molecule has 0 aliphatic carbocycles. The van der Waals surface area contributed by atoms with Crippen molar-refractivity contribution in [2.75, 3.05) is 11.9 Å². The first kappa shape index (κ1) is 14.8. The van der Waals surface area contributed by atoms with E-state index in [1.807, 2.05) is 0 Å². The van der Waals surface area contributed by atoms with E-state index >= 15 is 0 Å². The Morgan fingerprint density at radius 3 is 2.83 bits per heavy atom. The van der Waals surface area contributed by atoms with Crippen LogP contribution in [0.2, 0.25) is 5.15 Å². The summed E-state index contributed by atoms with van der Waals surface area (Å²) in [6.07, 6.45) is 4.86. The molecule has 0 saturated heterocycles. The van der Waals surface area contributed by atoms with Crippen molar-refractivity contribution < 1.29 is 0 Å². The van der Waals surface area contributed by atoms with Gasteiger partial charge in [-0.2, -0.15) is 5.26 Å². The molecule has 98 valence electrons. The summed E-state index contributed by atoms with van der Waals surface area (Å²) in [4.78, 5) is 4.17. The van der Waals surface area contributed by atoms with E-state index in [-0.39, 0.29) is 0 Å². The summed E-state index contributed by atoms with van der Waals surface area (Å²) in [5.41, 5.74) is 0.541. The fourth-order valence-corrected chi connectivity index (χ4v) is 2.05. The van der Waals surface area contributed by atoms with Gasteiger partial charge in [0, 0.05) is 6.54 Å². The number of rotatable bonds is 7. The van der Waals surface area contributed by atoms with Crippen molar-refractivity contribution in [1.29, 1.82) is 5.26 Å². The lowest BCUT2D eigenvalue weighted by Crippen LogP contribution is -2.14. The average molecular weight is 266 g/mol. The van der Waals surface area contributed by atoms with E-state index in [9.17, 15) is 0 Å². The fraction of sp³-hybridized carbons (Fsp3) is 0.571. The lowest BCUT2D eigenvalue weighted by Gasteiger charge is -2.15. The Morgan fingerprint density at radius 1 is 1.44 bits per heavy atom. The monoisotopic (exact) mass is 265 g/mol. The summed E-state index contributed by atoms with van der Waals surface area (Å²) in [5, 5.41) is 12.5. The molecule has 0 amide bonds. The first-order chi connectivity index (χ1) is 8.69. The van der Waals surface area contributed by atoms with Crippen molar-refractivity contribution in [1.82, 2.24) is 4.98 Å². The minimum atomic E-state index is 0.359. The van der Waals surface area contributed by atoms with Crippen LogP contribution in [0.15, 0.2) is 12.1 Å². The maximum Gasteiger partial charge on any atom is 0.132 e. The zero-order valence-corrected chi connectivity index (χ0v) is 11.8. The standard InChI is InChI=1S/C14H20ClN3/c1-3-5-6-11(4-2)10-17-14-8-12(9-16)7-13(15)18-14/h7-8,11H,3-6,10H2,1-2H3,(H,17,18). The van der Waals surface area contributed by atoms with Crippen LogP contribution >= 0.6 is 11.6 Å². The molecule has 0 radical (unpaired) electrons. The topological polar surface area (TPSA) is 48.7 Å². The van der Waals surface area contributed by atoms with Crippen molar-refractivity contribution in [3.63, 3.8) is 0 Å².